The second-order valence-electron chi connectivity index (χ2n) is 6.57. The molecule has 0 unspecified atom stereocenters. The van der Waals surface area contributed by atoms with Gasteiger partial charge >= 0.3 is 0 Å². The number of benzene rings is 2. The van der Waals surface area contributed by atoms with Gasteiger partial charge in [0.25, 0.3) is 5.91 Å². The highest BCUT2D eigenvalue weighted by molar-refractivity contribution is 7.91. The molecule has 0 heterocycles. The van der Waals surface area contributed by atoms with E-state index in [0.29, 0.717) is 31.0 Å². The molecule has 2 aromatic rings. The fraction of sp³-hybridized carbons (Fsp3) is 0.333. The quantitative estimate of drug-likeness (QED) is 0.535. The molecule has 7 nitrogen and oxygen atoms in total. The van der Waals surface area contributed by atoms with E-state index in [1.54, 1.807) is 7.11 Å². The van der Waals surface area contributed by atoms with Crippen molar-refractivity contribution in [2.45, 2.75) is 36.0 Å². The van der Waals surface area contributed by atoms with Crippen molar-refractivity contribution >= 4 is 38.9 Å². The highest BCUT2D eigenvalue weighted by Gasteiger charge is 2.23. The number of amides is 2. The van der Waals surface area contributed by atoms with Gasteiger partial charge in [0.15, 0.2) is 0 Å². The molecule has 162 valence electrons. The van der Waals surface area contributed by atoms with Crippen molar-refractivity contribution in [3.05, 3.63) is 53.1 Å². The predicted molar refractivity (Wildman–Crippen MR) is 116 cm³/mol. The molecule has 0 aliphatic rings. The van der Waals surface area contributed by atoms with Crippen molar-refractivity contribution in [1.82, 2.24) is 5.32 Å². The lowest BCUT2D eigenvalue weighted by Gasteiger charge is -2.14. The smallest absolute Gasteiger partial charge is 0.251 e. The molecule has 0 aliphatic carbocycles. The first kappa shape index (κ1) is 23.9. The first-order valence-corrected chi connectivity index (χ1v) is 11.4. The Bertz CT molecular complexity index is 991. The van der Waals surface area contributed by atoms with E-state index >= 15 is 0 Å². The number of anilines is 1. The molecule has 0 aromatic heterocycles. The number of methoxy groups -OCH3 is 1. The van der Waals surface area contributed by atoms with E-state index in [-0.39, 0.29) is 39.3 Å². The summed E-state index contributed by atoms with van der Waals surface area (Å²) in [6.07, 6.45) is 1.48. The van der Waals surface area contributed by atoms with E-state index < -0.39 is 9.84 Å². The highest BCUT2D eigenvalue weighted by Crippen LogP contribution is 2.29. The van der Waals surface area contributed by atoms with Crippen molar-refractivity contribution in [2.24, 2.45) is 0 Å². The summed E-state index contributed by atoms with van der Waals surface area (Å²) < 4.78 is 31.2. The summed E-state index contributed by atoms with van der Waals surface area (Å²) in [5.41, 5.74) is 0.308. The largest absolute Gasteiger partial charge is 0.385 e. The molecule has 2 amide bonds. The molecule has 0 saturated carbocycles. The Morgan fingerprint density at radius 3 is 2.43 bits per heavy atom. The standard InChI is InChI=1S/C21H25ClN2O5S/c1-3-5-20(25)24-18-14-15(21(26)23-12-4-13-29-2)6-11-19(18)30(27,28)17-9-7-16(22)8-10-17/h6-11,14H,3-5,12-13H2,1-2H3,(H,23,26)(H,24,25). The Hall–Kier alpha value is -2.42. The van der Waals surface area contributed by atoms with E-state index in [4.69, 9.17) is 16.3 Å². The van der Waals surface area contributed by atoms with Gasteiger partial charge in [0.2, 0.25) is 15.7 Å². The van der Waals surface area contributed by atoms with Gasteiger partial charge in [-0.1, -0.05) is 18.5 Å². The third-order valence-corrected chi connectivity index (χ3v) is 6.30. The summed E-state index contributed by atoms with van der Waals surface area (Å²) >= 11 is 5.86. The van der Waals surface area contributed by atoms with Crippen molar-refractivity contribution < 1.29 is 22.7 Å². The summed E-state index contributed by atoms with van der Waals surface area (Å²) in [5, 5.41) is 5.77. The number of nitrogens with one attached hydrogen (secondary N) is 2. The third kappa shape index (κ3) is 6.29. The minimum atomic E-state index is -3.94. The van der Waals surface area contributed by atoms with Crippen molar-refractivity contribution in [1.29, 1.82) is 0 Å². The third-order valence-electron chi connectivity index (χ3n) is 4.22. The fourth-order valence-corrected chi connectivity index (χ4v) is 4.23. The first-order chi connectivity index (χ1) is 14.3. The molecule has 0 fully saturated rings. The van der Waals surface area contributed by atoms with Crippen LogP contribution in [0, 0.1) is 0 Å². The average molecular weight is 453 g/mol. The molecule has 0 bridgehead atoms. The molecule has 2 aromatic carbocycles. The van der Waals surface area contributed by atoms with Crippen LogP contribution in [0.5, 0.6) is 0 Å². The topological polar surface area (TPSA) is 102 Å². The van der Waals surface area contributed by atoms with Gasteiger partial charge in [0.1, 0.15) is 0 Å². The van der Waals surface area contributed by atoms with E-state index in [1.165, 1.54) is 42.5 Å². The highest BCUT2D eigenvalue weighted by atomic mass is 35.5. The molecule has 0 aliphatic heterocycles. The number of carbonyl (C=O) groups is 2. The number of hydrogen-bond donors (Lipinski definition) is 2. The monoisotopic (exact) mass is 452 g/mol. The molecule has 9 heteroatoms. The summed E-state index contributed by atoms with van der Waals surface area (Å²) in [6, 6.07) is 9.87. The lowest BCUT2D eigenvalue weighted by Crippen LogP contribution is -2.25. The van der Waals surface area contributed by atoms with Crippen LogP contribution in [0.4, 0.5) is 5.69 Å². The normalized spacial score (nSPS) is 11.2. The van der Waals surface area contributed by atoms with Crippen molar-refractivity contribution in [3.8, 4) is 0 Å². The second kappa shape index (κ2) is 11.1. The lowest BCUT2D eigenvalue weighted by atomic mass is 10.1. The molecule has 2 N–H and O–H groups in total. The lowest BCUT2D eigenvalue weighted by molar-refractivity contribution is -0.116. The van der Waals surface area contributed by atoms with Crippen LogP contribution in [0.1, 0.15) is 36.5 Å². The summed E-state index contributed by atoms with van der Waals surface area (Å²) in [6.45, 7) is 2.76. The van der Waals surface area contributed by atoms with Crippen LogP contribution < -0.4 is 10.6 Å². The molecular weight excluding hydrogens is 428 g/mol. The SMILES string of the molecule is CCCC(=O)Nc1cc(C(=O)NCCCOC)ccc1S(=O)(=O)c1ccc(Cl)cc1. The summed E-state index contributed by atoms with van der Waals surface area (Å²) in [4.78, 5) is 24.5. The maximum Gasteiger partial charge on any atom is 0.251 e. The summed E-state index contributed by atoms with van der Waals surface area (Å²) in [5.74, 6) is -0.699. The van der Waals surface area contributed by atoms with Crippen LogP contribution in [0.2, 0.25) is 5.02 Å². The van der Waals surface area contributed by atoms with Crippen LogP contribution in [-0.4, -0.2) is 40.5 Å². The van der Waals surface area contributed by atoms with E-state index in [1.807, 2.05) is 6.92 Å². The van der Waals surface area contributed by atoms with Crippen LogP contribution in [0.25, 0.3) is 0 Å². The number of ether oxygens (including phenoxy) is 1. The summed E-state index contributed by atoms with van der Waals surface area (Å²) in [7, 11) is -2.36. The Morgan fingerprint density at radius 1 is 1.10 bits per heavy atom. The van der Waals surface area contributed by atoms with Crippen molar-refractivity contribution in [3.63, 3.8) is 0 Å². The van der Waals surface area contributed by atoms with Crippen LogP contribution in [0.15, 0.2) is 52.3 Å². The van der Waals surface area contributed by atoms with Gasteiger partial charge < -0.3 is 15.4 Å². The number of halogens is 1. The molecule has 2 rings (SSSR count). The van der Waals surface area contributed by atoms with Gasteiger partial charge in [-0.3, -0.25) is 9.59 Å². The molecule has 0 atom stereocenters. The molecule has 0 radical (unpaired) electrons. The Balaban J connectivity index is 2.40. The van der Waals surface area contributed by atoms with Gasteiger partial charge in [-0.2, -0.15) is 0 Å². The van der Waals surface area contributed by atoms with Crippen LogP contribution in [-0.2, 0) is 19.4 Å². The van der Waals surface area contributed by atoms with Gasteiger partial charge in [-0.15, -0.1) is 0 Å². The molecule has 30 heavy (non-hydrogen) atoms. The Morgan fingerprint density at radius 2 is 1.80 bits per heavy atom. The number of rotatable bonds is 10. The second-order valence-corrected chi connectivity index (χ2v) is 8.92. The molecule has 0 spiro atoms. The predicted octanol–water partition coefficient (Wildman–Crippen LogP) is 3.68. The minimum Gasteiger partial charge on any atom is -0.385 e. The number of carbonyl (C=O) groups excluding carboxylic acids is 2. The maximum absolute atomic E-state index is 13.1. The van der Waals surface area contributed by atoms with E-state index in [2.05, 4.69) is 10.6 Å². The van der Waals surface area contributed by atoms with Gasteiger partial charge in [-0.05, 0) is 55.3 Å². The number of hydrogen-bond acceptors (Lipinski definition) is 5. The van der Waals surface area contributed by atoms with Gasteiger partial charge in [0, 0.05) is 37.3 Å². The van der Waals surface area contributed by atoms with Gasteiger partial charge in [-0.25, -0.2) is 8.42 Å². The Labute approximate surface area is 181 Å². The first-order valence-electron chi connectivity index (χ1n) is 9.51. The van der Waals surface area contributed by atoms with Crippen LogP contribution >= 0.6 is 11.6 Å². The molecular formula is C21H25ClN2O5S. The Kier molecular flexibility index (Phi) is 8.83. The minimum absolute atomic E-state index is 0.0367. The molecule has 0 saturated heterocycles. The number of sulfone groups is 1. The zero-order chi connectivity index (χ0) is 22.1. The van der Waals surface area contributed by atoms with Gasteiger partial charge in [0.05, 0.1) is 15.5 Å². The fourth-order valence-electron chi connectivity index (χ4n) is 2.70. The van der Waals surface area contributed by atoms with E-state index in [9.17, 15) is 18.0 Å². The zero-order valence-corrected chi connectivity index (χ0v) is 18.5. The average Bonchev–Trinajstić information content (AvgIpc) is 2.71. The van der Waals surface area contributed by atoms with Crippen LogP contribution in [0.3, 0.4) is 0 Å². The maximum atomic E-state index is 13.1. The van der Waals surface area contributed by atoms with E-state index in [0.717, 1.165) is 0 Å². The van der Waals surface area contributed by atoms with Crippen molar-refractivity contribution in [2.75, 3.05) is 25.6 Å². The zero-order valence-electron chi connectivity index (χ0n) is 16.9.